The van der Waals surface area contributed by atoms with Crippen LogP contribution in [0.4, 0.5) is 0 Å². The Bertz CT molecular complexity index is 248. The van der Waals surface area contributed by atoms with Gasteiger partial charge in [0.25, 0.3) is 0 Å². The maximum absolute atomic E-state index is 11.0. The van der Waals surface area contributed by atoms with Gasteiger partial charge in [0.2, 0.25) is 5.91 Å². The summed E-state index contributed by atoms with van der Waals surface area (Å²) in [5.74, 6) is 0.230. The van der Waals surface area contributed by atoms with Gasteiger partial charge in [-0.1, -0.05) is 18.7 Å². The Labute approximate surface area is 84.8 Å². The van der Waals surface area contributed by atoms with Gasteiger partial charge < -0.3 is 10.1 Å². The first-order chi connectivity index (χ1) is 6.65. The lowest BCUT2D eigenvalue weighted by Crippen LogP contribution is -2.32. The fraction of sp³-hybridized carbons (Fsp3) is 0.545. The molecule has 0 aromatic heterocycles. The highest BCUT2D eigenvalue weighted by molar-refractivity contribution is 5.86. The minimum absolute atomic E-state index is 0.0973. The van der Waals surface area contributed by atoms with Crippen molar-refractivity contribution in [3.63, 3.8) is 0 Å². The van der Waals surface area contributed by atoms with Crippen molar-refractivity contribution in [3.8, 4) is 0 Å². The van der Waals surface area contributed by atoms with Crippen LogP contribution >= 0.6 is 0 Å². The van der Waals surface area contributed by atoms with E-state index in [4.69, 9.17) is 4.74 Å². The van der Waals surface area contributed by atoms with Crippen molar-refractivity contribution >= 4 is 5.91 Å². The molecule has 0 saturated carbocycles. The molecule has 1 N–H and O–H groups in total. The number of hydrogen-bond donors (Lipinski definition) is 1. The Morgan fingerprint density at radius 2 is 2.43 bits per heavy atom. The van der Waals surface area contributed by atoms with Gasteiger partial charge in [-0.25, -0.2) is 0 Å². The first-order valence-corrected chi connectivity index (χ1v) is 4.82. The summed E-state index contributed by atoms with van der Waals surface area (Å²) >= 11 is 0. The molecule has 78 valence electrons. The number of amides is 1. The molecule has 1 rings (SSSR count). The van der Waals surface area contributed by atoms with E-state index in [0.29, 0.717) is 12.5 Å². The van der Waals surface area contributed by atoms with Crippen LogP contribution < -0.4 is 5.32 Å². The van der Waals surface area contributed by atoms with Gasteiger partial charge in [0.05, 0.1) is 6.10 Å². The highest BCUT2D eigenvalue weighted by atomic mass is 16.5. The second-order valence-electron chi connectivity index (χ2n) is 3.64. The molecule has 1 aliphatic heterocycles. The van der Waals surface area contributed by atoms with E-state index in [2.05, 4.69) is 18.5 Å². The van der Waals surface area contributed by atoms with Crippen molar-refractivity contribution in [1.29, 1.82) is 0 Å². The maximum Gasteiger partial charge on any atom is 0.243 e. The van der Waals surface area contributed by atoms with Crippen molar-refractivity contribution in [2.75, 3.05) is 13.2 Å². The first-order valence-electron chi connectivity index (χ1n) is 4.82. The fourth-order valence-corrected chi connectivity index (χ4v) is 1.69. The van der Waals surface area contributed by atoms with Gasteiger partial charge in [0, 0.05) is 19.1 Å². The molecule has 0 radical (unpaired) electrons. The highest BCUT2D eigenvalue weighted by Crippen LogP contribution is 2.24. The smallest absolute Gasteiger partial charge is 0.243 e. The third-order valence-corrected chi connectivity index (χ3v) is 2.42. The summed E-state index contributed by atoms with van der Waals surface area (Å²) in [7, 11) is 0. The zero-order valence-electron chi connectivity index (χ0n) is 8.58. The highest BCUT2D eigenvalue weighted by Gasteiger charge is 2.28. The van der Waals surface area contributed by atoms with Gasteiger partial charge >= 0.3 is 0 Å². The Balaban J connectivity index is 2.39. The lowest BCUT2D eigenvalue weighted by atomic mass is 9.97. The molecule has 2 atom stereocenters. The van der Waals surface area contributed by atoms with Gasteiger partial charge in [0.1, 0.15) is 0 Å². The first kappa shape index (κ1) is 11.0. The standard InChI is InChI=1S/C11H17NO2/c1-4-10(13)12-7-9-5-6-14-11(9)8(2)3/h4,9,11H,1-2,5-7H2,3H3,(H,12,13). The van der Waals surface area contributed by atoms with Gasteiger partial charge in [0.15, 0.2) is 0 Å². The average Bonchev–Trinajstić information content (AvgIpc) is 2.62. The summed E-state index contributed by atoms with van der Waals surface area (Å²) in [6, 6.07) is 0. The van der Waals surface area contributed by atoms with Crippen molar-refractivity contribution < 1.29 is 9.53 Å². The summed E-state index contributed by atoms with van der Waals surface area (Å²) < 4.78 is 5.52. The van der Waals surface area contributed by atoms with E-state index in [1.807, 2.05) is 6.92 Å². The Morgan fingerprint density at radius 1 is 1.71 bits per heavy atom. The van der Waals surface area contributed by atoms with Crippen molar-refractivity contribution in [2.24, 2.45) is 5.92 Å². The third kappa shape index (κ3) is 2.70. The van der Waals surface area contributed by atoms with Crippen molar-refractivity contribution in [3.05, 3.63) is 24.8 Å². The van der Waals surface area contributed by atoms with Crippen molar-refractivity contribution in [1.82, 2.24) is 5.32 Å². The second-order valence-corrected chi connectivity index (χ2v) is 3.64. The van der Waals surface area contributed by atoms with E-state index >= 15 is 0 Å². The van der Waals surface area contributed by atoms with Gasteiger partial charge in [-0.05, 0) is 19.4 Å². The van der Waals surface area contributed by atoms with E-state index in [0.717, 1.165) is 18.6 Å². The molecule has 1 fully saturated rings. The molecule has 0 aromatic rings. The Kier molecular flexibility index (Phi) is 3.89. The zero-order valence-corrected chi connectivity index (χ0v) is 8.58. The van der Waals surface area contributed by atoms with Crippen LogP contribution in [0.5, 0.6) is 0 Å². The lowest BCUT2D eigenvalue weighted by Gasteiger charge is -2.18. The lowest BCUT2D eigenvalue weighted by molar-refractivity contribution is -0.116. The summed E-state index contributed by atoms with van der Waals surface area (Å²) in [5.41, 5.74) is 1.03. The number of nitrogens with one attached hydrogen (secondary N) is 1. The molecule has 1 aliphatic rings. The minimum Gasteiger partial charge on any atom is -0.374 e. The van der Waals surface area contributed by atoms with Crippen LogP contribution in [0, 0.1) is 5.92 Å². The van der Waals surface area contributed by atoms with Crippen LogP contribution in [-0.2, 0) is 9.53 Å². The van der Waals surface area contributed by atoms with E-state index in [1.54, 1.807) is 0 Å². The maximum atomic E-state index is 11.0. The molecule has 14 heavy (non-hydrogen) atoms. The summed E-state index contributed by atoms with van der Waals surface area (Å²) in [6.45, 7) is 10.6. The molecule has 0 spiro atoms. The fourth-order valence-electron chi connectivity index (χ4n) is 1.69. The molecule has 0 bridgehead atoms. The van der Waals surface area contributed by atoms with Crippen LogP contribution in [0.3, 0.4) is 0 Å². The van der Waals surface area contributed by atoms with E-state index in [1.165, 1.54) is 6.08 Å². The molecule has 3 heteroatoms. The Morgan fingerprint density at radius 3 is 3.00 bits per heavy atom. The topological polar surface area (TPSA) is 38.3 Å². The molecule has 3 nitrogen and oxygen atoms in total. The predicted octanol–water partition coefficient (Wildman–Crippen LogP) is 1.27. The predicted molar refractivity (Wildman–Crippen MR) is 55.9 cm³/mol. The number of carbonyl (C=O) groups excluding carboxylic acids is 1. The summed E-state index contributed by atoms with van der Waals surface area (Å²) in [5, 5.41) is 2.78. The van der Waals surface area contributed by atoms with E-state index in [9.17, 15) is 4.79 Å². The summed E-state index contributed by atoms with van der Waals surface area (Å²) in [4.78, 5) is 11.0. The molecule has 1 heterocycles. The average molecular weight is 195 g/mol. The number of ether oxygens (including phenoxy) is 1. The van der Waals surface area contributed by atoms with Crippen molar-refractivity contribution in [2.45, 2.75) is 19.4 Å². The monoisotopic (exact) mass is 195 g/mol. The number of carbonyl (C=O) groups is 1. The molecular formula is C11H17NO2. The molecule has 0 aliphatic carbocycles. The van der Waals surface area contributed by atoms with Crippen LogP contribution in [-0.4, -0.2) is 25.2 Å². The normalized spacial score (nSPS) is 25.8. The number of hydrogen-bond acceptors (Lipinski definition) is 2. The third-order valence-electron chi connectivity index (χ3n) is 2.42. The molecule has 0 aromatic carbocycles. The molecule has 1 saturated heterocycles. The second kappa shape index (κ2) is 4.96. The Hall–Kier alpha value is -1.09. The largest absolute Gasteiger partial charge is 0.374 e. The summed E-state index contributed by atoms with van der Waals surface area (Å²) in [6.07, 6.45) is 2.36. The van der Waals surface area contributed by atoms with Crippen LogP contribution in [0.2, 0.25) is 0 Å². The van der Waals surface area contributed by atoms with Gasteiger partial charge in [-0.3, -0.25) is 4.79 Å². The van der Waals surface area contributed by atoms with E-state index < -0.39 is 0 Å². The van der Waals surface area contributed by atoms with Crippen LogP contribution in [0.15, 0.2) is 24.8 Å². The van der Waals surface area contributed by atoms with Gasteiger partial charge in [-0.15, -0.1) is 0 Å². The zero-order chi connectivity index (χ0) is 10.6. The quantitative estimate of drug-likeness (QED) is 0.542. The molecular weight excluding hydrogens is 178 g/mol. The SMILES string of the molecule is C=CC(=O)NCC1CCOC1C(=C)C. The number of rotatable bonds is 4. The minimum atomic E-state index is -0.127. The van der Waals surface area contributed by atoms with E-state index in [-0.39, 0.29) is 12.0 Å². The van der Waals surface area contributed by atoms with Gasteiger partial charge in [-0.2, -0.15) is 0 Å². The van der Waals surface area contributed by atoms with Crippen LogP contribution in [0.1, 0.15) is 13.3 Å². The van der Waals surface area contributed by atoms with Crippen LogP contribution in [0.25, 0.3) is 0 Å². The molecule has 1 amide bonds. The molecule has 2 unspecified atom stereocenters.